The van der Waals surface area contributed by atoms with Gasteiger partial charge in [-0.15, -0.1) is 0 Å². The first kappa shape index (κ1) is 15.8. The Balaban J connectivity index is 2.12. The lowest BCUT2D eigenvalue weighted by atomic mass is 10.0. The highest BCUT2D eigenvalue weighted by molar-refractivity contribution is 9.10. The molecule has 0 aromatic heterocycles. The minimum atomic E-state index is 0.365. The van der Waals surface area contributed by atoms with Crippen LogP contribution in [0.4, 0.5) is 5.69 Å². The number of nitrogens with one attached hydrogen (secondary N) is 1. The number of rotatable bonds is 6. The minimum absolute atomic E-state index is 0.365. The van der Waals surface area contributed by atoms with Crippen molar-refractivity contribution in [2.75, 3.05) is 31.6 Å². The lowest BCUT2D eigenvalue weighted by molar-refractivity contribution is 0.0893. The number of nitrogens with zero attached hydrogens (tertiary/aromatic N) is 1. The normalized spacial score (nSPS) is 19.4. The Kier molecular flexibility index (Phi) is 6.33. The molecular formula is C16H25BrN2O. The van der Waals surface area contributed by atoms with Gasteiger partial charge in [-0.2, -0.15) is 0 Å². The molecule has 1 N–H and O–H groups in total. The highest BCUT2D eigenvalue weighted by Crippen LogP contribution is 2.27. The molecule has 1 saturated heterocycles. The number of halogens is 1. The monoisotopic (exact) mass is 340 g/mol. The fraction of sp³-hybridized carbons (Fsp3) is 0.625. The summed E-state index contributed by atoms with van der Waals surface area (Å²) in [5.74, 6) is 0. The van der Waals surface area contributed by atoms with E-state index in [0.717, 1.165) is 30.7 Å². The summed E-state index contributed by atoms with van der Waals surface area (Å²) in [7, 11) is 1.82. The van der Waals surface area contributed by atoms with E-state index in [1.54, 1.807) is 0 Å². The molecule has 1 heterocycles. The van der Waals surface area contributed by atoms with Gasteiger partial charge in [0.15, 0.2) is 0 Å². The maximum Gasteiger partial charge on any atom is 0.0746 e. The lowest BCUT2D eigenvalue weighted by Gasteiger charge is -2.35. The van der Waals surface area contributed by atoms with Gasteiger partial charge in [0.2, 0.25) is 0 Å². The van der Waals surface area contributed by atoms with Crippen molar-refractivity contribution in [3.63, 3.8) is 0 Å². The summed E-state index contributed by atoms with van der Waals surface area (Å²) < 4.78 is 6.69. The maximum atomic E-state index is 5.54. The van der Waals surface area contributed by atoms with Crippen molar-refractivity contribution in [3.05, 3.63) is 28.2 Å². The Morgan fingerprint density at radius 2 is 2.30 bits per heavy atom. The van der Waals surface area contributed by atoms with E-state index in [0.29, 0.717) is 6.10 Å². The number of methoxy groups -OCH3 is 1. The van der Waals surface area contributed by atoms with Crippen LogP contribution in [0, 0.1) is 0 Å². The molecule has 2 rings (SSSR count). The van der Waals surface area contributed by atoms with E-state index < -0.39 is 0 Å². The van der Waals surface area contributed by atoms with Gasteiger partial charge in [-0.3, -0.25) is 0 Å². The maximum absolute atomic E-state index is 5.54. The van der Waals surface area contributed by atoms with Gasteiger partial charge < -0.3 is 15.0 Å². The number of benzene rings is 1. The van der Waals surface area contributed by atoms with E-state index in [9.17, 15) is 0 Å². The van der Waals surface area contributed by atoms with E-state index in [-0.39, 0.29) is 0 Å². The Morgan fingerprint density at radius 1 is 1.45 bits per heavy atom. The number of piperidine rings is 1. The molecule has 1 aliphatic heterocycles. The molecule has 112 valence electrons. The summed E-state index contributed by atoms with van der Waals surface area (Å²) in [5.41, 5.74) is 2.71. The van der Waals surface area contributed by atoms with Gasteiger partial charge in [-0.1, -0.05) is 22.9 Å². The van der Waals surface area contributed by atoms with Crippen molar-refractivity contribution in [2.24, 2.45) is 0 Å². The third-order valence-corrected chi connectivity index (χ3v) is 4.33. The summed E-state index contributed by atoms with van der Waals surface area (Å²) in [4.78, 5) is 2.47. The third kappa shape index (κ3) is 4.21. The molecule has 1 unspecified atom stereocenters. The molecule has 1 aliphatic rings. The summed E-state index contributed by atoms with van der Waals surface area (Å²) >= 11 is 3.58. The quantitative estimate of drug-likeness (QED) is 0.801. The van der Waals surface area contributed by atoms with Crippen LogP contribution in [0.5, 0.6) is 0 Å². The Morgan fingerprint density at radius 3 is 3.05 bits per heavy atom. The van der Waals surface area contributed by atoms with Gasteiger partial charge >= 0.3 is 0 Å². The Labute approximate surface area is 130 Å². The minimum Gasteiger partial charge on any atom is -0.380 e. The molecule has 1 aromatic carbocycles. The molecule has 1 atom stereocenters. The first-order valence-electron chi connectivity index (χ1n) is 7.51. The van der Waals surface area contributed by atoms with Crippen LogP contribution in [0.25, 0.3) is 0 Å². The average molecular weight is 341 g/mol. The van der Waals surface area contributed by atoms with Crippen molar-refractivity contribution in [3.8, 4) is 0 Å². The second-order valence-corrected chi connectivity index (χ2v) is 6.31. The fourth-order valence-electron chi connectivity index (χ4n) is 2.75. The van der Waals surface area contributed by atoms with Crippen LogP contribution in [0.2, 0.25) is 0 Å². The number of hydrogen-bond acceptors (Lipinski definition) is 3. The highest BCUT2D eigenvalue weighted by Gasteiger charge is 2.21. The molecular weight excluding hydrogens is 316 g/mol. The highest BCUT2D eigenvalue weighted by atomic mass is 79.9. The first-order chi connectivity index (χ1) is 9.74. The predicted octanol–water partition coefficient (Wildman–Crippen LogP) is 3.56. The van der Waals surface area contributed by atoms with Crippen LogP contribution in [-0.4, -0.2) is 32.8 Å². The molecule has 0 spiro atoms. The summed E-state index contributed by atoms with van der Waals surface area (Å²) in [6.45, 7) is 6.31. The van der Waals surface area contributed by atoms with Crippen molar-refractivity contribution in [1.29, 1.82) is 0 Å². The van der Waals surface area contributed by atoms with E-state index in [1.807, 2.05) is 7.11 Å². The molecule has 4 heteroatoms. The van der Waals surface area contributed by atoms with Gasteiger partial charge in [0, 0.05) is 36.9 Å². The van der Waals surface area contributed by atoms with Crippen LogP contribution in [0.15, 0.2) is 22.7 Å². The molecule has 0 radical (unpaired) electrons. The fourth-order valence-corrected chi connectivity index (χ4v) is 3.16. The van der Waals surface area contributed by atoms with Gasteiger partial charge in [-0.25, -0.2) is 0 Å². The number of anilines is 1. The zero-order valence-corrected chi connectivity index (χ0v) is 14.1. The predicted molar refractivity (Wildman–Crippen MR) is 88.4 cm³/mol. The zero-order valence-electron chi connectivity index (χ0n) is 12.5. The van der Waals surface area contributed by atoms with Crippen LogP contribution in [0.1, 0.15) is 31.7 Å². The van der Waals surface area contributed by atoms with E-state index in [4.69, 9.17) is 4.74 Å². The summed E-state index contributed by atoms with van der Waals surface area (Å²) in [5, 5.41) is 3.50. The van der Waals surface area contributed by atoms with Gasteiger partial charge in [0.05, 0.1) is 6.10 Å². The van der Waals surface area contributed by atoms with Crippen LogP contribution < -0.4 is 10.2 Å². The molecule has 0 aliphatic carbocycles. The molecule has 1 aromatic rings. The van der Waals surface area contributed by atoms with E-state index >= 15 is 0 Å². The van der Waals surface area contributed by atoms with Crippen LogP contribution in [-0.2, 0) is 11.3 Å². The second kappa shape index (κ2) is 8.01. The number of hydrogen-bond donors (Lipinski definition) is 1. The van der Waals surface area contributed by atoms with E-state index in [2.05, 4.69) is 51.3 Å². The summed E-state index contributed by atoms with van der Waals surface area (Å²) in [6.07, 6.45) is 3.91. The Bertz CT molecular complexity index is 425. The molecule has 0 saturated carbocycles. The standard InChI is InChI=1S/C16H25BrN2O/c1-3-8-18-11-13-10-14(17)6-7-16(13)19-9-4-5-15(12-19)20-2/h6-7,10,15,18H,3-5,8-9,11-12H2,1-2H3. The largest absolute Gasteiger partial charge is 0.380 e. The molecule has 1 fully saturated rings. The second-order valence-electron chi connectivity index (χ2n) is 5.40. The van der Waals surface area contributed by atoms with Crippen molar-refractivity contribution in [2.45, 2.75) is 38.8 Å². The van der Waals surface area contributed by atoms with Crippen molar-refractivity contribution in [1.82, 2.24) is 5.32 Å². The van der Waals surface area contributed by atoms with Crippen molar-refractivity contribution < 1.29 is 4.74 Å². The van der Waals surface area contributed by atoms with Gasteiger partial charge in [-0.05, 0) is 49.6 Å². The van der Waals surface area contributed by atoms with Crippen LogP contribution in [0.3, 0.4) is 0 Å². The zero-order chi connectivity index (χ0) is 14.4. The first-order valence-corrected chi connectivity index (χ1v) is 8.30. The van der Waals surface area contributed by atoms with E-state index in [1.165, 1.54) is 30.5 Å². The van der Waals surface area contributed by atoms with Gasteiger partial charge in [0.25, 0.3) is 0 Å². The third-order valence-electron chi connectivity index (χ3n) is 3.84. The summed E-state index contributed by atoms with van der Waals surface area (Å²) in [6, 6.07) is 6.59. The van der Waals surface area contributed by atoms with Crippen LogP contribution >= 0.6 is 15.9 Å². The smallest absolute Gasteiger partial charge is 0.0746 e. The lowest BCUT2D eigenvalue weighted by Crippen LogP contribution is -2.39. The van der Waals surface area contributed by atoms with Crippen molar-refractivity contribution >= 4 is 21.6 Å². The average Bonchev–Trinajstić information content (AvgIpc) is 2.48. The SMILES string of the molecule is CCCNCc1cc(Br)ccc1N1CCCC(OC)C1. The molecule has 3 nitrogen and oxygen atoms in total. The topological polar surface area (TPSA) is 24.5 Å². The molecule has 0 amide bonds. The molecule has 20 heavy (non-hydrogen) atoms. The molecule has 0 bridgehead atoms. The Hall–Kier alpha value is -0.580. The number of ether oxygens (including phenoxy) is 1. The van der Waals surface area contributed by atoms with Gasteiger partial charge in [0.1, 0.15) is 0 Å².